The largest absolute Gasteiger partial charge is 0.454 e. The standard InChI is InChI=1S/C48H29NO/c1-3-11-30(12-4-1)35-24-19-32-22-27-39-36(25-20-33-21-26-38(35)45(32)46(33)39)34-23-28-43-41(29-34)48-47(40-16-8-10-18-44(40)50-48)49(43)42-17-9-7-15-37(42)31-13-5-2-6-14-31/h1-29H/i1D,3D,4D,11D,12D. The van der Waals surface area contributed by atoms with Crippen molar-refractivity contribution in [3.63, 3.8) is 0 Å². The van der Waals surface area contributed by atoms with E-state index in [2.05, 4.69) is 114 Å². The molecule has 0 aliphatic heterocycles. The van der Waals surface area contributed by atoms with Gasteiger partial charge in [0.15, 0.2) is 5.58 Å². The summed E-state index contributed by atoms with van der Waals surface area (Å²) in [5.41, 5.74) is 10.0. The second kappa shape index (κ2) is 10.4. The first-order chi connectivity index (χ1) is 26.9. The molecular formula is C48H29NO. The minimum atomic E-state index is -0.395. The minimum Gasteiger partial charge on any atom is -0.454 e. The molecule has 0 amide bonds. The van der Waals surface area contributed by atoms with Crippen LogP contribution >= 0.6 is 0 Å². The van der Waals surface area contributed by atoms with Gasteiger partial charge in [0.1, 0.15) is 11.1 Å². The van der Waals surface area contributed by atoms with Crippen LogP contribution in [0.15, 0.2) is 180 Å². The summed E-state index contributed by atoms with van der Waals surface area (Å²) in [7, 11) is 0. The molecule has 0 aliphatic carbocycles. The number of fused-ring (bicyclic) bond motifs is 5. The smallest absolute Gasteiger partial charge is 0.161 e. The fraction of sp³-hybridized carbons (Fsp3) is 0. The van der Waals surface area contributed by atoms with E-state index in [-0.39, 0.29) is 29.7 Å². The average molecular weight is 641 g/mol. The highest BCUT2D eigenvalue weighted by Gasteiger charge is 2.22. The van der Waals surface area contributed by atoms with Crippen LogP contribution < -0.4 is 0 Å². The van der Waals surface area contributed by atoms with Crippen LogP contribution in [0.1, 0.15) is 6.85 Å². The molecule has 9 aromatic carbocycles. The summed E-state index contributed by atoms with van der Waals surface area (Å²) in [5.74, 6) is 0. The van der Waals surface area contributed by atoms with Crippen molar-refractivity contribution in [1.82, 2.24) is 4.57 Å². The van der Waals surface area contributed by atoms with Crippen molar-refractivity contribution in [3.8, 4) is 39.1 Å². The van der Waals surface area contributed by atoms with Gasteiger partial charge in [0.05, 0.1) is 18.1 Å². The summed E-state index contributed by atoms with van der Waals surface area (Å²) in [5, 5.41) is 8.16. The van der Waals surface area contributed by atoms with Crippen molar-refractivity contribution in [1.29, 1.82) is 0 Å². The molecule has 0 bridgehead atoms. The molecule has 0 saturated heterocycles. The average Bonchev–Trinajstić information content (AvgIpc) is 3.76. The predicted molar refractivity (Wildman–Crippen MR) is 211 cm³/mol. The Morgan fingerprint density at radius 2 is 1.12 bits per heavy atom. The molecule has 0 radical (unpaired) electrons. The molecule has 0 saturated carbocycles. The van der Waals surface area contributed by atoms with Crippen LogP contribution in [0.3, 0.4) is 0 Å². The summed E-state index contributed by atoms with van der Waals surface area (Å²) in [6, 6.07) is 48.9. The predicted octanol–water partition coefficient (Wildman–Crippen LogP) is 13.4. The molecule has 0 aliphatic rings. The molecule has 0 fully saturated rings. The maximum absolute atomic E-state index is 8.74. The summed E-state index contributed by atoms with van der Waals surface area (Å²) in [6.45, 7) is 0. The third-order valence-electron chi connectivity index (χ3n) is 10.2. The van der Waals surface area contributed by atoms with E-state index in [9.17, 15) is 0 Å². The van der Waals surface area contributed by atoms with Crippen LogP contribution in [0.25, 0.3) is 104 Å². The Bertz CT molecular complexity index is 3350. The summed E-state index contributed by atoms with van der Waals surface area (Å²) >= 11 is 0. The van der Waals surface area contributed by atoms with Crippen LogP contribution in [0.4, 0.5) is 0 Å². The zero-order valence-electron chi connectivity index (χ0n) is 31.7. The monoisotopic (exact) mass is 640 g/mol. The molecule has 2 heterocycles. The van der Waals surface area contributed by atoms with Crippen molar-refractivity contribution in [2.45, 2.75) is 0 Å². The lowest BCUT2D eigenvalue weighted by atomic mass is 9.87. The molecule has 50 heavy (non-hydrogen) atoms. The van der Waals surface area contributed by atoms with Gasteiger partial charge in [0.2, 0.25) is 0 Å². The van der Waals surface area contributed by atoms with Gasteiger partial charge in [-0.1, -0.05) is 145 Å². The highest BCUT2D eigenvalue weighted by atomic mass is 16.3. The number of hydrogen-bond acceptors (Lipinski definition) is 1. The minimum absolute atomic E-state index is 0.203. The van der Waals surface area contributed by atoms with E-state index in [1.165, 1.54) is 0 Å². The van der Waals surface area contributed by atoms with E-state index in [1.54, 1.807) is 0 Å². The number of nitrogens with zero attached hydrogens (tertiary/aromatic N) is 1. The van der Waals surface area contributed by atoms with E-state index in [0.29, 0.717) is 5.56 Å². The number of para-hydroxylation sites is 2. The number of furan rings is 1. The topological polar surface area (TPSA) is 18.1 Å². The maximum atomic E-state index is 8.74. The molecule has 0 N–H and O–H groups in total. The molecule has 2 heteroatoms. The molecule has 2 nitrogen and oxygen atoms in total. The van der Waals surface area contributed by atoms with Crippen LogP contribution in [0.5, 0.6) is 0 Å². The van der Waals surface area contributed by atoms with E-state index < -0.39 is 6.04 Å². The summed E-state index contributed by atoms with van der Waals surface area (Å²) < 4.78 is 51.4. The lowest BCUT2D eigenvalue weighted by molar-refractivity contribution is 0.673. The van der Waals surface area contributed by atoms with E-state index in [4.69, 9.17) is 11.3 Å². The van der Waals surface area contributed by atoms with Crippen LogP contribution in [0.2, 0.25) is 0 Å². The van der Waals surface area contributed by atoms with Gasteiger partial charge in [0.25, 0.3) is 0 Å². The fourth-order valence-electron chi connectivity index (χ4n) is 8.07. The molecular weight excluding hydrogens is 607 g/mol. The van der Waals surface area contributed by atoms with Gasteiger partial charge in [-0.3, -0.25) is 0 Å². The molecule has 11 aromatic rings. The van der Waals surface area contributed by atoms with Crippen molar-refractivity contribution < 1.29 is 11.3 Å². The Balaban J connectivity index is 1.17. The van der Waals surface area contributed by atoms with Gasteiger partial charge in [0, 0.05) is 16.3 Å². The fourth-order valence-corrected chi connectivity index (χ4v) is 8.07. The second-order valence-electron chi connectivity index (χ2n) is 12.9. The molecule has 0 atom stereocenters. The normalized spacial score (nSPS) is 13.4. The van der Waals surface area contributed by atoms with E-state index in [1.807, 2.05) is 36.4 Å². The molecule has 0 unspecified atom stereocenters. The Morgan fingerprint density at radius 3 is 1.90 bits per heavy atom. The van der Waals surface area contributed by atoms with Gasteiger partial charge < -0.3 is 8.98 Å². The summed E-state index contributed by atoms with van der Waals surface area (Å²) in [6.07, 6.45) is 0. The molecule has 11 rings (SSSR count). The first-order valence-electron chi connectivity index (χ1n) is 19.3. The Kier molecular flexibility index (Phi) is 4.76. The van der Waals surface area contributed by atoms with Crippen molar-refractivity contribution in [2.24, 2.45) is 0 Å². The van der Waals surface area contributed by atoms with Crippen molar-refractivity contribution in [3.05, 3.63) is 176 Å². The number of rotatable bonds is 4. The number of aromatic nitrogens is 1. The van der Waals surface area contributed by atoms with Crippen LogP contribution in [0, 0.1) is 0 Å². The first-order valence-corrected chi connectivity index (χ1v) is 16.8. The van der Waals surface area contributed by atoms with Crippen molar-refractivity contribution >= 4 is 65.3 Å². The molecule has 2 aromatic heterocycles. The zero-order valence-corrected chi connectivity index (χ0v) is 26.7. The maximum Gasteiger partial charge on any atom is 0.161 e. The quantitative estimate of drug-likeness (QED) is 0.175. The summed E-state index contributed by atoms with van der Waals surface area (Å²) in [4.78, 5) is 0. The van der Waals surface area contributed by atoms with Gasteiger partial charge in [-0.15, -0.1) is 0 Å². The van der Waals surface area contributed by atoms with E-state index >= 15 is 0 Å². The lowest BCUT2D eigenvalue weighted by Crippen LogP contribution is -1.97. The third-order valence-corrected chi connectivity index (χ3v) is 10.2. The highest BCUT2D eigenvalue weighted by molar-refractivity contribution is 6.28. The Hall–Kier alpha value is -6.64. The number of benzene rings is 9. The third kappa shape index (κ3) is 3.85. The highest BCUT2D eigenvalue weighted by Crippen LogP contribution is 2.45. The van der Waals surface area contributed by atoms with Crippen LogP contribution in [-0.2, 0) is 0 Å². The molecule has 0 spiro atoms. The SMILES string of the molecule is [2H]c1c([2H])c([2H])c(-c2ccc3ccc4c(-c5ccc6c(c5)c5oc7ccccc7c5n6-c5ccccc5-c5ccccc5)ccc5ccc2c3c54)c([2H])c1[2H]. The second-order valence-corrected chi connectivity index (χ2v) is 12.9. The molecule has 232 valence electrons. The first kappa shape index (κ1) is 22.8. The van der Waals surface area contributed by atoms with Gasteiger partial charge in [-0.25, -0.2) is 0 Å². The Labute approximate surface area is 295 Å². The van der Waals surface area contributed by atoms with Crippen LogP contribution in [-0.4, -0.2) is 4.57 Å². The Morgan fingerprint density at radius 1 is 0.460 bits per heavy atom. The zero-order chi connectivity index (χ0) is 37.1. The van der Waals surface area contributed by atoms with E-state index in [0.717, 1.165) is 93.2 Å². The number of hydrogen-bond donors (Lipinski definition) is 0. The lowest BCUT2D eigenvalue weighted by Gasteiger charge is -2.17. The van der Waals surface area contributed by atoms with Gasteiger partial charge >= 0.3 is 0 Å². The van der Waals surface area contributed by atoms with Gasteiger partial charge in [-0.2, -0.15) is 0 Å². The van der Waals surface area contributed by atoms with Gasteiger partial charge in [-0.05, 0) is 90.5 Å². The van der Waals surface area contributed by atoms with Crippen molar-refractivity contribution in [2.75, 3.05) is 0 Å².